The molecule has 1 N–H and O–H groups in total. The summed E-state index contributed by atoms with van der Waals surface area (Å²) in [6.45, 7) is 4.10. The third kappa shape index (κ3) is 2.38. The zero-order valence-electron chi connectivity index (χ0n) is 8.88. The Hall–Kier alpha value is -0.760. The summed E-state index contributed by atoms with van der Waals surface area (Å²) in [5.74, 6) is 2.08. The van der Waals surface area contributed by atoms with E-state index < -0.39 is 0 Å². The van der Waals surface area contributed by atoms with Crippen LogP contribution in [0.4, 0.5) is 0 Å². The molecule has 78 valence electrons. The molecule has 0 saturated heterocycles. The van der Waals surface area contributed by atoms with Crippen molar-refractivity contribution in [2.24, 2.45) is 5.92 Å². The number of hydrogen-bond donors (Lipinski definition) is 1. The standard InChI is InChI=1S/C12H19NO/c1-10-6-8-14-12(10)9-13-7-5-11-3-2-4-11/h6,8,11,13H,2-5,7,9H2,1H3. The number of hydrogen-bond acceptors (Lipinski definition) is 2. The van der Waals surface area contributed by atoms with Crippen LogP contribution in [0, 0.1) is 12.8 Å². The Labute approximate surface area is 85.7 Å². The first-order valence-corrected chi connectivity index (χ1v) is 5.60. The summed E-state index contributed by atoms with van der Waals surface area (Å²) in [7, 11) is 0. The Morgan fingerprint density at radius 1 is 1.50 bits per heavy atom. The molecule has 0 bridgehead atoms. The summed E-state index contributed by atoms with van der Waals surface area (Å²) in [5.41, 5.74) is 1.25. The van der Waals surface area contributed by atoms with Gasteiger partial charge in [-0.25, -0.2) is 0 Å². The van der Waals surface area contributed by atoms with Crippen LogP contribution in [0.5, 0.6) is 0 Å². The van der Waals surface area contributed by atoms with Gasteiger partial charge in [0.2, 0.25) is 0 Å². The molecule has 1 heterocycles. The molecular weight excluding hydrogens is 174 g/mol. The predicted molar refractivity (Wildman–Crippen MR) is 57.1 cm³/mol. The summed E-state index contributed by atoms with van der Waals surface area (Å²) < 4.78 is 5.35. The van der Waals surface area contributed by atoms with E-state index in [-0.39, 0.29) is 0 Å². The van der Waals surface area contributed by atoms with Crippen molar-refractivity contribution < 1.29 is 4.42 Å². The topological polar surface area (TPSA) is 25.2 Å². The minimum atomic E-state index is 0.881. The molecule has 0 amide bonds. The lowest BCUT2D eigenvalue weighted by Gasteiger charge is -2.25. The zero-order chi connectivity index (χ0) is 9.80. The van der Waals surface area contributed by atoms with Gasteiger partial charge in [0.1, 0.15) is 5.76 Å². The highest BCUT2D eigenvalue weighted by Gasteiger charge is 2.16. The molecule has 1 aliphatic rings. The maximum Gasteiger partial charge on any atom is 0.120 e. The lowest BCUT2D eigenvalue weighted by Crippen LogP contribution is -2.21. The molecule has 2 heteroatoms. The highest BCUT2D eigenvalue weighted by Crippen LogP contribution is 2.28. The first-order valence-electron chi connectivity index (χ1n) is 5.60. The number of aryl methyl sites for hydroxylation is 1. The Kier molecular flexibility index (Phi) is 3.25. The number of nitrogens with one attached hydrogen (secondary N) is 1. The lowest BCUT2D eigenvalue weighted by molar-refractivity contribution is 0.290. The van der Waals surface area contributed by atoms with E-state index in [2.05, 4.69) is 12.2 Å². The minimum absolute atomic E-state index is 0.881. The fourth-order valence-electron chi connectivity index (χ4n) is 1.87. The predicted octanol–water partition coefficient (Wildman–Crippen LogP) is 2.87. The van der Waals surface area contributed by atoms with E-state index in [1.807, 2.05) is 6.07 Å². The molecule has 1 aromatic rings. The normalized spacial score (nSPS) is 16.9. The van der Waals surface area contributed by atoms with Crippen LogP contribution in [-0.2, 0) is 6.54 Å². The van der Waals surface area contributed by atoms with E-state index in [0.29, 0.717) is 0 Å². The van der Waals surface area contributed by atoms with Crippen LogP contribution in [0.2, 0.25) is 0 Å². The van der Waals surface area contributed by atoms with Crippen molar-refractivity contribution in [2.75, 3.05) is 6.54 Å². The summed E-state index contributed by atoms with van der Waals surface area (Å²) in [6.07, 6.45) is 7.43. The van der Waals surface area contributed by atoms with Crippen LogP contribution >= 0.6 is 0 Å². The average Bonchev–Trinajstić information content (AvgIpc) is 2.48. The minimum Gasteiger partial charge on any atom is -0.468 e. The van der Waals surface area contributed by atoms with Crippen LogP contribution < -0.4 is 5.32 Å². The Bertz CT molecular complexity index is 276. The number of rotatable bonds is 5. The van der Waals surface area contributed by atoms with Gasteiger partial charge < -0.3 is 9.73 Å². The fraction of sp³-hybridized carbons (Fsp3) is 0.667. The molecule has 1 aromatic heterocycles. The van der Waals surface area contributed by atoms with Crippen LogP contribution in [0.1, 0.15) is 37.0 Å². The van der Waals surface area contributed by atoms with Gasteiger partial charge in [0, 0.05) is 0 Å². The summed E-state index contributed by atoms with van der Waals surface area (Å²) >= 11 is 0. The molecule has 1 saturated carbocycles. The molecule has 2 nitrogen and oxygen atoms in total. The van der Waals surface area contributed by atoms with E-state index in [0.717, 1.165) is 24.8 Å². The third-order valence-corrected chi connectivity index (χ3v) is 3.21. The molecule has 2 rings (SSSR count). The molecule has 1 fully saturated rings. The van der Waals surface area contributed by atoms with Gasteiger partial charge >= 0.3 is 0 Å². The van der Waals surface area contributed by atoms with Gasteiger partial charge in [-0.2, -0.15) is 0 Å². The first kappa shape index (κ1) is 9.78. The molecule has 14 heavy (non-hydrogen) atoms. The van der Waals surface area contributed by atoms with E-state index >= 15 is 0 Å². The fourth-order valence-corrected chi connectivity index (χ4v) is 1.87. The molecule has 0 atom stereocenters. The molecular formula is C12H19NO. The van der Waals surface area contributed by atoms with E-state index in [1.165, 1.54) is 31.2 Å². The van der Waals surface area contributed by atoms with Gasteiger partial charge in [-0.15, -0.1) is 0 Å². The molecule has 0 radical (unpaired) electrons. The Morgan fingerprint density at radius 3 is 2.93 bits per heavy atom. The number of furan rings is 1. The zero-order valence-corrected chi connectivity index (χ0v) is 8.88. The molecule has 0 unspecified atom stereocenters. The van der Waals surface area contributed by atoms with Gasteiger partial charge in [0.05, 0.1) is 12.8 Å². The van der Waals surface area contributed by atoms with Crippen LogP contribution in [0.15, 0.2) is 16.7 Å². The molecule has 0 aromatic carbocycles. The van der Waals surface area contributed by atoms with Gasteiger partial charge in [-0.1, -0.05) is 19.3 Å². The van der Waals surface area contributed by atoms with Crippen molar-refractivity contribution in [3.63, 3.8) is 0 Å². The van der Waals surface area contributed by atoms with E-state index in [1.54, 1.807) is 6.26 Å². The SMILES string of the molecule is Cc1ccoc1CNCCC1CCC1. The van der Waals surface area contributed by atoms with Crippen molar-refractivity contribution in [3.05, 3.63) is 23.7 Å². The maximum atomic E-state index is 5.35. The van der Waals surface area contributed by atoms with Crippen molar-refractivity contribution in [3.8, 4) is 0 Å². The van der Waals surface area contributed by atoms with Crippen molar-refractivity contribution in [2.45, 2.75) is 39.2 Å². The van der Waals surface area contributed by atoms with Crippen LogP contribution in [0.3, 0.4) is 0 Å². The third-order valence-electron chi connectivity index (χ3n) is 3.21. The van der Waals surface area contributed by atoms with Crippen molar-refractivity contribution >= 4 is 0 Å². The quantitative estimate of drug-likeness (QED) is 0.727. The smallest absolute Gasteiger partial charge is 0.120 e. The second-order valence-corrected chi connectivity index (χ2v) is 4.29. The van der Waals surface area contributed by atoms with Crippen molar-refractivity contribution in [1.29, 1.82) is 0 Å². The second kappa shape index (κ2) is 4.65. The Morgan fingerprint density at radius 2 is 2.36 bits per heavy atom. The highest BCUT2D eigenvalue weighted by atomic mass is 16.3. The summed E-state index contributed by atoms with van der Waals surface area (Å²) in [5, 5.41) is 3.43. The van der Waals surface area contributed by atoms with Crippen LogP contribution in [0.25, 0.3) is 0 Å². The van der Waals surface area contributed by atoms with Gasteiger partial charge in [-0.05, 0) is 37.4 Å². The maximum absolute atomic E-state index is 5.35. The van der Waals surface area contributed by atoms with Gasteiger partial charge in [0.15, 0.2) is 0 Å². The largest absolute Gasteiger partial charge is 0.468 e. The van der Waals surface area contributed by atoms with Gasteiger partial charge in [0.25, 0.3) is 0 Å². The monoisotopic (exact) mass is 193 g/mol. The molecule has 0 aliphatic heterocycles. The summed E-state index contributed by atoms with van der Waals surface area (Å²) in [6, 6.07) is 2.02. The average molecular weight is 193 g/mol. The highest BCUT2D eigenvalue weighted by molar-refractivity contribution is 5.13. The van der Waals surface area contributed by atoms with E-state index in [9.17, 15) is 0 Å². The van der Waals surface area contributed by atoms with Crippen LogP contribution in [-0.4, -0.2) is 6.54 Å². The van der Waals surface area contributed by atoms with E-state index in [4.69, 9.17) is 4.42 Å². The first-order chi connectivity index (χ1) is 6.86. The Balaban J connectivity index is 1.60. The second-order valence-electron chi connectivity index (χ2n) is 4.29. The van der Waals surface area contributed by atoms with Gasteiger partial charge in [-0.3, -0.25) is 0 Å². The molecule has 0 spiro atoms. The molecule has 1 aliphatic carbocycles. The van der Waals surface area contributed by atoms with Crippen molar-refractivity contribution in [1.82, 2.24) is 5.32 Å². The lowest BCUT2D eigenvalue weighted by atomic mass is 9.83. The summed E-state index contributed by atoms with van der Waals surface area (Å²) in [4.78, 5) is 0.